The fraction of sp³-hybridized carbons (Fsp3) is 0.861. The number of nitrogens with zero attached hydrogens (tertiary/aromatic N) is 2. The number of hydrogen-bond acceptors (Lipinski definition) is 8. The molecule has 0 spiro atoms. The predicted octanol–water partition coefficient (Wildman–Crippen LogP) is 3.83. The first kappa shape index (κ1) is 30.2. The van der Waals surface area contributed by atoms with Gasteiger partial charge in [0, 0.05) is 35.8 Å². The lowest BCUT2D eigenvalue weighted by Gasteiger charge is -2.49. The molecule has 9 nitrogen and oxygen atoms in total. The summed E-state index contributed by atoms with van der Waals surface area (Å²) in [5, 5.41) is 11.5. The summed E-state index contributed by atoms with van der Waals surface area (Å²) in [6.45, 7) is 2.32. The van der Waals surface area contributed by atoms with E-state index in [2.05, 4.69) is 6.92 Å². The number of imide groups is 1. The molecule has 1 saturated heterocycles. The van der Waals surface area contributed by atoms with Gasteiger partial charge >= 0.3 is 0 Å². The van der Waals surface area contributed by atoms with Gasteiger partial charge < -0.3 is 15.6 Å². The van der Waals surface area contributed by atoms with Gasteiger partial charge in [-0.05, 0) is 101 Å². The third kappa shape index (κ3) is 4.79. The summed E-state index contributed by atoms with van der Waals surface area (Å²) < 4.78 is 6.36. The van der Waals surface area contributed by atoms with Crippen LogP contribution in [0.4, 0.5) is 0 Å². The predicted molar refractivity (Wildman–Crippen MR) is 166 cm³/mol. The van der Waals surface area contributed by atoms with Crippen molar-refractivity contribution in [1.82, 2.24) is 4.90 Å². The lowest BCUT2D eigenvalue weighted by atomic mass is 9.53. The number of fused-ring (bicyclic) bond motifs is 4. The molecule has 3 N–H and O–H groups in total. The maximum atomic E-state index is 13.9. The van der Waals surface area contributed by atoms with Crippen LogP contribution in [-0.4, -0.2) is 69.6 Å². The van der Waals surface area contributed by atoms with E-state index in [0.29, 0.717) is 42.7 Å². The van der Waals surface area contributed by atoms with E-state index in [4.69, 9.17) is 15.5 Å². The van der Waals surface area contributed by atoms with E-state index in [9.17, 15) is 24.3 Å². The molecule has 11 atom stereocenters. The molecule has 6 saturated carbocycles. The van der Waals surface area contributed by atoms with Gasteiger partial charge in [0.25, 0.3) is 0 Å². The third-order valence-electron chi connectivity index (χ3n) is 14.0. The molecular formula is C36H51N3O6. The van der Waals surface area contributed by atoms with Gasteiger partial charge in [-0.25, -0.2) is 4.99 Å². The zero-order valence-electron chi connectivity index (χ0n) is 26.7. The summed E-state index contributed by atoms with van der Waals surface area (Å²) in [7, 11) is 0. The van der Waals surface area contributed by atoms with Crippen LogP contribution >= 0.6 is 0 Å². The number of Topliss-reactive ketones (excluding diaryl/α,β-unsaturated/α-hetero) is 2. The SMILES string of the molecule is CC1CCC2OC(C3CCC(C4CCC(N5C(=O)C6C(N)C7C(=O)C8CCCCC8C(=O)C7C(O)C6C5=O)CC4)CC3)=NC2C1. The number of carbonyl (C=O) groups is 4. The highest BCUT2D eigenvalue weighted by molar-refractivity contribution is 6.09. The minimum atomic E-state index is -1.33. The number of likely N-dealkylation sites (tertiary alicyclic amines) is 1. The van der Waals surface area contributed by atoms with Gasteiger partial charge in [0.1, 0.15) is 17.7 Å². The zero-order valence-corrected chi connectivity index (χ0v) is 26.7. The smallest absolute Gasteiger partial charge is 0.236 e. The number of aliphatic hydroxyl groups is 1. The van der Waals surface area contributed by atoms with Crippen molar-refractivity contribution in [3.63, 3.8) is 0 Å². The molecule has 0 aromatic carbocycles. The summed E-state index contributed by atoms with van der Waals surface area (Å²) in [6.07, 6.45) is 13.7. The van der Waals surface area contributed by atoms with Crippen LogP contribution in [-0.2, 0) is 23.9 Å². The van der Waals surface area contributed by atoms with Gasteiger partial charge in [-0.3, -0.25) is 24.1 Å². The van der Waals surface area contributed by atoms with E-state index in [1.807, 2.05) is 0 Å². The maximum Gasteiger partial charge on any atom is 0.236 e. The van der Waals surface area contributed by atoms with Crippen molar-refractivity contribution >= 4 is 29.3 Å². The summed E-state index contributed by atoms with van der Waals surface area (Å²) in [5.41, 5.74) is 6.67. The molecule has 2 heterocycles. The van der Waals surface area contributed by atoms with Crippen LogP contribution in [0.3, 0.4) is 0 Å². The van der Waals surface area contributed by atoms with Gasteiger partial charge in [0.2, 0.25) is 11.8 Å². The number of nitrogens with two attached hydrogens (primary N) is 1. The van der Waals surface area contributed by atoms with Gasteiger partial charge in [-0.15, -0.1) is 0 Å². The first-order valence-electron chi connectivity index (χ1n) is 18.3. The summed E-state index contributed by atoms with van der Waals surface area (Å²) in [5.74, 6) is -1.98. The molecule has 0 aromatic rings. The molecular weight excluding hydrogens is 570 g/mol. The Labute approximate surface area is 266 Å². The van der Waals surface area contributed by atoms with Crippen LogP contribution in [0.15, 0.2) is 4.99 Å². The Morgan fingerprint density at radius 2 is 1.33 bits per heavy atom. The van der Waals surface area contributed by atoms with Crippen LogP contribution < -0.4 is 5.73 Å². The molecule has 246 valence electrons. The number of aliphatic hydroxyl groups excluding tert-OH is 1. The number of ketones is 2. The molecule has 0 aromatic heterocycles. The Morgan fingerprint density at radius 3 is 2.00 bits per heavy atom. The Kier molecular flexibility index (Phi) is 7.75. The normalized spacial score (nSPS) is 49.9. The van der Waals surface area contributed by atoms with Gasteiger partial charge in [-0.1, -0.05) is 19.8 Å². The molecule has 2 aliphatic heterocycles. The number of hydrogen-bond donors (Lipinski definition) is 2. The van der Waals surface area contributed by atoms with Crippen molar-refractivity contribution in [3.8, 4) is 0 Å². The van der Waals surface area contributed by atoms with Gasteiger partial charge in [0.15, 0.2) is 5.90 Å². The molecule has 0 bridgehead atoms. The fourth-order valence-corrected chi connectivity index (χ4v) is 11.6. The topological polar surface area (TPSA) is 139 Å². The first-order chi connectivity index (χ1) is 21.7. The molecule has 6 aliphatic carbocycles. The molecule has 8 rings (SSSR count). The van der Waals surface area contributed by atoms with Crippen LogP contribution in [0.25, 0.3) is 0 Å². The van der Waals surface area contributed by atoms with Crippen molar-refractivity contribution in [2.45, 2.75) is 134 Å². The average Bonchev–Trinajstić information content (AvgIpc) is 3.59. The highest BCUT2D eigenvalue weighted by Crippen LogP contribution is 2.52. The summed E-state index contributed by atoms with van der Waals surface area (Å²) >= 11 is 0. The fourth-order valence-electron chi connectivity index (χ4n) is 11.6. The number of carbonyl (C=O) groups excluding carboxylic acids is 4. The monoisotopic (exact) mass is 621 g/mol. The maximum absolute atomic E-state index is 13.9. The van der Waals surface area contributed by atoms with Crippen molar-refractivity contribution < 1.29 is 29.0 Å². The number of ether oxygens (including phenoxy) is 1. The lowest BCUT2D eigenvalue weighted by Crippen LogP contribution is -2.65. The number of rotatable bonds is 3. The summed E-state index contributed by atoms with van der Waals surface area (Å²) in [4.78, 5) is 61.5. The molecule has 0 radical (unpaired) electrons. The highest BCUT2D eigenvalue weighted by atomic mass is 16.5. The minimum absolute atomic E-state index is 0.0669. The second kappa shape index (κ2) is 11.5. The molecule has 8 aliphatic rings. The largest absolute Gasteiger partial charge is 0.475 e. The van der Waals surface area contributed by atoms with Crippen LogP contribution in [0.2, 0.25) is 0 Å². The molecule has 2 amide bonds. The number of aliphatic imine (C=N–C) groups is 1. The highest BCUT2D eigenvalue weighted by Gasteiger charge is 2.67. The van der Waals surface area contributed by atoms with Crippen molar-refractivity contribution in [2.75, 3.05) is 0 Å². The van der Waals surface area contributed by atoms with E-state index in [1.165, 1.54) is 24.2 Å². The van der Waals surface area contributed by atoms with E-state index in [0.717, 1.165) is 76.0 Å². The van der Waals surface area contributed by atoms with Crippen LogP contribution in [0.5, 0.6) is 0 Å². The Morgan fingerprint density at radius 1 is 0.733 bits per heavy atom. The summed E-state index contributed by atoms with van der Waals surface area (Å²) in [6, 6.07) is -0.747. The molecule has 9 heteroatoms. The average molecular weight is 622 g/mol. The third-order valence-corrected chi connectivity index (χ3v) is 14.0. The molecule has 45 heavy (non-hydrogen) atoms. The van der Waals surface area contributed by atoms with Crippen molar-refractivity contribution in [3.05, 3.63) is 0 Å². The van der Waals surface area contributed by atoms with Crippen LogP contribution in [0, 0.1) is 59.2 Å². The Balaban J connectivity index is 0.897. The Hall–Kier alpha value is -2.13. The van der Waals surface area contributed by atoms with E-state index < -0.39 is 35.8 Å². The van der Waals surface area contributed by atoms with Crippen molar-refractivity contribution in [1.29, 1.82) is 0 Å². The second-order valence-electron chi connectivity index (χ2n) is 16.3. The standard InChI is InChI=1S/C36H51N3O6/c1-17-6-15-25-24(16-17)38-34(45-25)20-9-7-18(8-10-20)19-11-13-21(14-12-19)39-35(43)27-29(36(39)44)33(42)28-26(30(27)37)31(40)22-4-2-3-5-23(22)32(28)41/h17-30,33,42H,2-16,37H2,1H3. The first-order valence-corrected chi connectivity index (χ1v) is 18.3. The van der Waals surface area contributed by atoms with E-state index in [-0.39, 0.29) is 41.3 Å². The molecule has 7 fully saturated rings. The second-order valence-corrected chi connectivity index (χ2v) is 16.3. The minimum Gasteiger partial charge on any atom is -0.475 e. The molecule has 11 unspecified atom stereocenters. The zero-order chi connectivity index (χ0) is 31.1. The van der Waals surface area contributed by atoms with E-state index >= 15 is 0 Å². The Bertz CT molecular complexity index is 1210. The lowest BCUT2D eigenvalue weighted by molar-refractivity contribution is -0.166. The van der Waals surface area contributed by atoms with Crippen molar-refractivity contribution in [2.24, 2.45) is 69.9 Å². The van der Waals surface area contributed by atoms with Crippen LogP contribution in [0.1, 0.15) is 103 Å². The van der Waals surface area contributed by atoms with Gasteiger partial charge in [-0.2, -0.15) is 0 Å². The number of amides is 2. The quantitative estimate of drug-likeness (QED) is 0.457. The van der Waals surface area contributed by atoms with Gasteiger partial charge in [0.05, 0.1) is 29.9 Å². The van der Waals surface area contributed by atoms with E-state index in [1.54, 1.807) is 0 Å².